The average molecular weight is 423 g/mol. The molecule has 1 aliphatic heterocycles. The van der Waals surface area contributed by atoms with E-state index in [2.05, 4.69) is 20.4 Å². The average Bonchev–Trinajstić information content (AvgIpc) is 3.51. The summed E-state index contributed by atoms with van der Waals surface area (Å²) in [5.41, 5.74) is 1.98. The van der Waals surface area contributed by atoms with E-state index < -0.39 is 11.9 Å². The zero-order valence-corrected chi connectivity index (χ0v) is 17.6. The number of hydrogen-bond donors (Lipinski definition) is 1. The molecule has 1 fully saturated rings. The van der Waals surface area contributed by atoms with Crippen LogP contribution in [0.5, 0.6) is 0 Å². The van der Waals surface area contributed by atoms with Crippen molar-refractivity contribution in [1.29, 1.82) is 0 Å². The van der Waals surface area contributed by atoms with Crippen LogP contribution < -0.4 is 10.2 Å². The van der Waals surface area contributed by atoms with Crippen molar-refractivity contribution in [2.45, 2.75) is 26.3 Å². The fraction of sp³-hybridized carbons (Fsp3) is 0.364. The van der Waals surface area contributed by atoms with Crippen LogP contribution >= 0.6 is 0 Å². The highest BCUT2D eigenvalue weighted by atomic mass is 16.5. The molecule has 0 bridgehead atoms. The van der Waals surface area contributed by atoms with Gasteiger partial charge in [0.15, 0.2) is 5.76 Å². The number of carbonyl (C=O) groups is 2. The van der Waals surface area contributed by atoms with E-state index in [0.717, 1.165) is 11.3 Å². The van der Waals surface area contributed by atoms with Crippen LogP contribution in [-0.4, -0.2) is 59.1 Å². The minimum absolute atomic E-state index is 0.0984. The number of aryl methyl sites for hydroxylation is 1. The number of piperazine rings is 1. The minimum Gasteiger partial charge on any atom is -0.459 e. The predicted molar refractivity (Wildman–Crippen MR) is 114 cm³/mol. The lowest BCUT2D eigenvalue weighted by atomic mass is 10.1. The first-order chi connectivity index (χ1) is 15.0. The molecule has 31 heavy (non-hydrogen) atoms. The molecule has 2 amide bonds. The lowest BCUT2D eigenvalue weighted by Gasteiger charge is -2.37. The Bertz CT molecular complexity index is 1020. The molecule has 9 nitrogen and oxygen atoms in total. The highest BCUT2D eigenvalue weighted by Crippen LogP contribution is 2.22. The number of nitrogens with one attached hydrogen (secondary N) is 1. The number of furan rings is 1. The SMILES string of the molecule is CCc1nc(-c2ccc(N3CCN(C(=O)C(C)NC(=O)c4ccco4)CC3)cc2)no1. The van der Waals surface area contributed by atoms with Crippen LogP contribution in [-0.2, 0) is 11.2 Å². The summed E-state index contributed by atoms with van der Waals surface area (Å²) in [4.78, 5) is 33.2. The highest BCUT2D eigenvalue weighted by Gasteiger charge is 2.26. The summed E-state index contributed by atoms with van der Waals surface area (Å²) < 4.78 is 10.2. The molecule has 0 radical (unpaired) electrons. The Labute approximate surface area is 180 Å². The maximum atomic E-state index is 12.7. The molecule has 1 aliphatic rings. The molecule has 1 atom stereocenters. The van der Waals surface area contributed by atoms with Gasteiger partial charge in [0.1, 0.15) is 6.04 Å². The number of amides is 2. The van der Waals surface area contributed by atoms with Gasteiger partial charge in [-0.3, -0.25) is 9.59 Å². The molecule has 3 heterocycles. The van der Waals surface area contributed by atoms with E-state index in [9.17, 15) is 9.59 Å². The molecular formula is C22H25N5O4. The van der Waals surface area contributed by atoms with Crippen LogP contribution in [0, 0.1) is 0 Å². The van der Waals surface area contributed by atoms with Gasteiger partial charge in [0, 0.05) is 43.9 Å². The molecule has 1 aromatic carbocycles. The van der Waals surface area contributed by atoms with Gasteiger partial charge in [0.2, 0.25) is 17.6 Å². The minimum atomic E-state index is -0.619. The Kier molecular flexibility index (Phi) is 6.01. The Hall–Kier alpha value is -3.62. The molecule has 2 aromatic heterocycles. The van der Waals surface area contributed by atoms with Crippen LogP contribution in [0.2, 0.25) is 0 Å². The van der Waals surface area contributed by atoms with Crippen molar-refractivity contribution in [2.24, 2.45) is 0 Å². The van der Waals surface area contributed by atoms with Gasteiger partial charge >= 0.3 is 0 Å². The van der Waals surface area contributed by atoms with Crippen molar-refractivity contribution in [3.8, 4) is 11.4 Å². The maximum Gasteiger partial charge on any atom is 0.287 e. The van der Waals surface area contributed by atoms with Gasteiger partial charge in [-0.05, 0) is 43.3 Å². The van der Waals surface area contributed by atoms with Crippen molar-refractivity contribution < 1.29 is 18.5 Å². The molecule has 1 saturated heterocycles. The molecule has 0 saturated carbocycles. The van der Waals surface area contributed by atoms with Crippen LogP contribution in [0.15, 0.2) is 51.6 Å². The fourth-order valence-corrected chi connectivity index (χ4v) is 3.53. The van der Waals surface area contributed by atoms with Gasteiger partial charge in [-0.15, -0.1) is 0 Å². The number of hydrogen-bond acceptors (Lipinski definition) is 7. The van der Waals surface area contributed by atoms with Gasteiger partial charge in [-0.2, -0.15) is 4.98 Å². The molecule has 162 valence electrons. The summed E-state index contributed by atoms with van der Waals surface area (Å²) in [7, 11) is 0. The zero-order valence-electron chi connectivity index (χ0n) is 17.6. The standard InChI is InChI=1S/C22H25N5O4/c1-3-19-24-20(25-31-19)16-6-8-17(9-7-16)26-10-12-27(13-11-26)22(29)15(2)23-21(28)18-5-4-14-30-18/h4-9,14-15H,3,10-13H2,1-2H3,(H,23,28). The molecule has 1 unspecified atom stereocenters. The van der Waals surface area contributed by atoms with Gasteiger partial charge < -0.3 is 24.1 Å². The lowest BCUT2D eigenvalue weighted by molar-refractivity contribution is -0.133. The second-order valence-electron chi connectivity index (χ2n) is 7.40. The van der Waals surface area contributed by atoms with Crippen molar-refractivity contribution in [2.75, 3.05) is 31.1 Å². The Morgan fingerprint density at radius 2 is 1.87 bits per heavy atom. The first kappa shape index (κ1) is 20.6. The van der Waals surface area contributed by atoms with Crippen molar-refractivity contribution in [3.05, 3.63) is 54.3 Å². The predicted octanol–water partition coefficient (Wildman–Crippen LogP) is 2.36. The molecule has 9 heteroatoms. The largest absolute Gasteiger partial charge is 0.459 e. The van der Waals surface area contributed by atoms with Crippen LogP contribution in [0.25, 0.3) is 11.4 Å². The van der Waals surface area contributed by atoms with E-state index in [1.54, 1.807) is 24.0 Å². The van der Waals surface area contributed by atoms with Crippen molar-refractivity contribution >= 4 is 17.5 Å². The number of benzene rings is 1. The second kappa shape index (κ2) is 9.03. The third-order valence-electron chi connectivity index (χ3n) is 5.32. The number of aromatic nitrogens is 2. The van der Waals surface area contributed by atoms with Crippen molar-refractivity contribution in [3.63, 3.8) is 0 Å². The molecule has 0 aliphatic carbocycles. The Morgan fingerprint density at radius 1 is 1.13 bits per heavy atom. The maximum absolute atomic E-state index is 12.7. The number of anilines is 1. The molecular weight excluding hydrogens is 398 g/mol. The first-order valence-electron chi connectivity index (χ1n) is 10.4. The van der Waals surface area contributed by atoms with Gasteiger partial charge in [0.05, 0.1) is 6.26 Å². The highest BCUT2D eigenvalue weighted by molar-refractivity contribution is 5.95. The topological polar surface area (TPSA) is 105 Å². The van der Waals surface area contributed by atoms with E-state index in [1.165, 1.54) is 6.26 Å². The summed E-state index contributed by atoms with van der Waals surface area (Å²) in [6, 6.07) is 10.6. The number of carbonyl (C=O) groups excluding carboxylic acids is 2. The molecule has 3 aromatic rings. The lowest BCUT2D eigenvalue weighted by Crippen LogP contribution is -2.54. The number of rotatable bonds is 6. The monoisotopic (exact) mass is 423 g/mol. The smallest absolute Gasteiger partial charge is 0.287 e. The third kappa shape index (κ3) is 4.60. The summed E-state index contributed by atoms with van der Waals surface area (Å²) in [5.74, 6) is 0.912. The molecule has 4 rings (SSSR count). The van der Waals surface area contributed by atoms with E-state index >= 15 is 0 Å². The normalized spacial score (nSPS) is 15.0. The zero-order chi connectivity index (χ0) is 21.8. The molecule has 0 spiro atoms. The Balaban J connectivity index is 1.30. The van der Waals surface area contributed by atoms with Crippen molar-refractivity contribution in [1.82, 2.24) is 20.4 Å². The van der Waals surface area contributed by atoms with Crippen LogP contribution in [0.1, 0.15) is 30.3 Å². The number of nitrogens with zero attached hydrogens (tertiary/aromatic N) is 4. The Morgan fingerprint density at radius 3 is 2.48 bits per heavy atom. The summed E-state index contributed by atoms with van der Waals surface area (Å²) >= 11 is 0. The van der Waals surface area contributed by atoms with E-state index in [4.69, 9.17) is 8.94 Å². The van der Waals surface area contributed by atoms with Crippen LogP contribution in [0.3, 0.4) is 0 Å². The van der Waals surface area contributed by atoms with Gasteiger partial charge in [-0.25, -0.2) is 0 Å². The second-order valence-corrected chi connectivity index (χ2v) is 7.40. The van der Waals surface area contributed by atoms with E-state index in [-0.39, 0.29) is 11.7 Å². The van der Waals surface area contributed by atoms with E-state index in [1.807, 2.05) is 31.2 Å². The third-order valence-corrected chi connectivity index (χ3v) is 5.32. The quantitative estimate of drug-likeness (QED) is 0.649. The first-order valence-corrected chi connectivity index (χ1v) is 10.4. The van der Waals surface area contributed by atoms with E-state index in [0.29, 0.717) is 44.3 Å². The summed E-state index contributed by atoms with van der Waals surface area (Å²) in [5, 5.41) is 6.70. The van der Waals surface area contributed by atoms with Crippen LogP contribution in [0.4, 0.5) is 5.69 Å². The molecule has 1 N–H and O–H groups in total. The van der Waals surface area contributed by atoms with Gasteiger partial charge in [0.25, 0.3) is 5.91 Å². The fourth-order valence-electron chi connectivity index (χ4n) is 3.53. The summed E-state index contributed by atoms with van der Waals surface area (Å²) in [6.45, 7) is 6.27. The summed E-state index contributed by atoms with van der Waals surface area (Å²) in [6.07, 6.45) is 2.14. The van der Waals surface area contributed by atoms with Gasteiger partial charge in [-0.1, -0.05) is 12.1 Å².